The van der Waals surface area contributed by atoms with Gasteiger partial charge in [-0.05, 0) is 48.9 Å². The highest BCUT2D eigenvalue weighted by atomic mass is 79.9. The summed E-state index contributed by atoms with van der Waals surface area (Å²) in [7, 11) is 0. The first-order chi connectivity index (χ1) is 15.8. The van der Waals surface area contributed by atoms with Gasteiger partial charge in [-0.1, -0.05) is 44.0 Å². The highest BCUT2D eigenvalue weighted by Gasteiger charge is 2.12. The Balaban J connectivity index is 1.71. The summed E-state index contributed by atoms with van der Waals surface area (Å²) in [5.74, 6) is 0.781. The first kappa shape index (κ1) is 22.8. The number of non-ortho nitro benzene ring substituents is 1. The van der Waals surface area contributed by atoms with Gasteiger partial charge in [0.15, 0.2) is 0 Å². The summed E-state index contributed by atoms with van der Waals surface area (Å²) in [6.07, 6.45) is 1.36. The number of halogens is 2. The number of hydrogen-bond donors (Lipinski definition) is 0. The molecule has 33 heavy (non-hydrogen) atoms. The van der Waals surface area contributed by atoms with Crippen molar-refractivity contribution in [3.63, 3.8) is 0 Å². The van der Waals surface area contributed by atoms with Gasteiger partial charge in [-0.25, -0.2) is 4.98 Å². The van der Waals surface area contributed by atoms with Crippen molar-refractivity contribution in [3.8, 4) is 5.75 Å². The van der Waals surface area contributed by atoms with Crippen LogP contribution in [0.15, 0.2) is 79.5 Å². The lowest BCUT2D eigenvalue weighted by Crippen LogP contribution is -2.20. The second kappa shape index (κ2) is 9.63. The molecule has 0 aliphatic carbocycles. The van der Waals surface area contributed by atoms with Crippen LogP contribution in [0, 0.1) is 17.0 Å². The number of aryl methyl sites for hydroxylation is 1. The number of aromatic nitrogens is 2. The number of benzene rings is 3. The van der Waals surface area contributed by atoms with Crippen LogP contribution in [0.25, 0.3) is 10.9 Å². The van der Waals surface area contributed by atoms with Crippen LogP contribution in [-0.4, -0.2) is 20.8 Å². The number of hydrogen-bond acceptors (Lipinski definition) is 6. The number of nitro groups is 1. The number of rotatable bonds is 6. The van der Waals surface area contributed by atoms with Gasteiger partial charge in [0, 0.05) is 26.6 Å². The van der Waals surface area contributed by atoms with Gasteiger partial charge in [0.1, 0.15) is 18.2 Å². The predicted molar refractivity (Wildman–Crippen MR) is 133 cm³/mol. The SMILES string of the molecule is Cc1nc2ccc(Br)cc2c(=O)n1N=Cc1cc([N+](=O)[O-])ccc1OCc1ccc(Br)cc1. The maximum atomic E-state index is 13.0. The Morgan fingerprint density at radius 2 is 1.82 bits per heavy atom. The van der Waals surface area contributed by atoms with Crippen molar-refractivity contribution in [2.75, 3.05) is 0 Å². The van der Waals surface area contributed by atoms with Crippen LogP contribution in [0.3, 0.4) is 0 Å². The van der Waals surface area contributed by atoms with E-state index in [1.54, 1.807) is 25.1 Å². The lowest BCUT2D eigenvalue weighted by atomic mass is 10.2. The fourth-order valence-electron chi connectivity index (χ4n) is 3.14. The molecule has 1 aromatic heterocycles. The molecule has 0 fully saturated rings. The molecule has 8 nitrogen and oxygen atoms in total. The summed E-state index contributed by atoms with van der Waals surface area (Å²) in [5, 5.41) is 16.0. The lowest BCUT2D eigenvalue weighted by Gasteiger charge is -2.10. The molecule has 0 radical (unpaired) electrons. The van der Waals surface area contributed by atoms with Gasteiger partial charge < -0.3 is 4.74 Å². The third-order valence-electron chi connectivity index (χ3n) is 4.79. The van der Waals surface area contributed by atoms with E-state index in [1.807, 2.05) is 24.3 Å². The monoisotopic (exact) mass is 570 g/mol. The largest absolute Gasteiger partial charge is 0.488 e. The summed E-state index contributed by atoms with van der Waals surface area (Å²) in [5.41, 5.74) is 1.38. The van der Waals surface area contributed by atoms with Gasteiger partial charge in [0.05, 0.1) is 22.0 Å². The third kappa shape index (κ3) is 5.18. The Morgan fingerprint density at radius 1 is 1.09 bits per heavy atom. The zero-order valence-electron chi connectivity index (χ0n) is 17.2. The van der Waals surface area contributed by atoms with E-state index in [9.17, 15) is 14.9 Å². The van der Waals surface area contributed by atoms with E-state index in [-0.39, 0.29) is 17.9 Å². The van der Waals surface area contributed by atoms with E-state index in [0.29, 0.717) is 28.0 Å². The van der Waals surface area contributed by atoms with Crippen molar-refractivity contribution in [3.05, 3.63) is 107 Å². The van der Waals surface area contributed by atoms with Gasteiger partial charge in [-0.15, -0.1) is 0 Å². The molecule has 0 unspecified atom stereocenters. The highest BCUT2D eigenvalue weighted by molar-refractivity contribution is 9.10. The van der Waals surface area contributed by atoms with Crippen LogP contribution in [-0.2, 0) is 6.61 Å². The van der Waals surface area contributed by atoms with Crippen LogP contribution < -0.4 is 10.3 Å². The molecule has 0 N–H and O–H groups in total. The van der Waals surface area contributed by atoms with Crippen molar-refractivity contribution < 1.29 is 9.66 Å². The molecule has 0 amide bonds. The molecule has 0 bridgehead atoms. The fourth-order valence-corrected chi connectivity index (χ4v) is 3.76. The summed E-state index contributed by atoms with van der Waals surface area (Å²) < 4.78 is 8.75. The molecule has 1 heterocycles. The van der Waals surface area contributed by atoms with Crippen LogP contribution in [0.2, 0.25) is 0 Å². The first-order valence-corrected chi connectivity index (χ1v) is 11.3. The van der Waals surface area contributed by atoms with E-state index < -0.39 is 4.92 Å². The summed E-state index contributed by atoms with van der Waals surface area (Å²) in [6.45, 7) is 1.93. The molecular formula is C23H16Br2N4O4. The predicted octanol–water partition coefficient (Wildman–Crippen LogP) is 5.60. The third-order valence-corrected chi connectivity index (χ3v) is 5.82. The van der Waals surface area contributed by atoms with Crippen molar-refractivity contribution in [2.45, 2.75) is 13.5 Å². The minimum absolute atomic E-state index is 0.114. The lowest BCUT2D eigenvalue weighted by molar-refractivity contribution is -0.384. The van der Waals surface area contributed by atoms with Crippen LogP contribution in [0.5, 0.6) is 5.75 Å². The Kier molecular flexibility index (Phi) is 6.66. The highest BCUT2D eigenvalue weighted by Crippen LogP contribution is 2.24. The smallest absolute Gasteiger partial charge is 0.282 e. The Labute approximate surface area is 204 Å². The summed E-state index contributed by atoms with van der Waals surface area (Å²) in [6, 6.07) is 17.1. The average Bonchev–Trinajstić information content (AvgIpc) is 2.79. The Bertz CT molecular complexity index is 1450. The van der Waals surface area contributed by atoms with Crippen molar-refractivity contribution in [1.82, 2.24) is 9.66 Å². The zero-order chi connectivity index (χ0) is 23.5. The van der Waals surface area contributed by atoms with Crippen molar-refractivity contribution in [2.24, 2.45) is 5.10 Å². The standard InChI is InChI=1S/C23H16Br2N4O4/c1-14-27-21-8-6-18(25)11-20(21)23(30)28(14)26-12-16-10-19(29(31)32)7-9-22(16)33-13-15-2-4-17(24)5-3-15/h2-12H,13H2,1H3. The molecule has 0 saturated carbocycles. The van der Waals surface area contributed by atoms with Crippen LogP contribution in [0.4, 0.5) is 5.69 Å². The normalized spacial score (nSPS) is 11.2. The molecular weight excluding hydrogens is 556 g/mol. The number of nitrogens with zero attached hydrogens (tertiary/aromatic N) is 4. The van der Waals surface area contributed by atoms with E-state index in [1.165, 1.54) is 24.4 Å². The quantitative estimate of drug-likeness (QED) is 0.170. The van der Waals surface area contributed by atoms with Gasteiger partial charge >= 0.3 is 0 Å². The van der Waals surface area contributed by atoms with E-state index in [0.717, 1.165) is 19.2 Å². The Hall–Kier alpha value is -3.37. The number of fused-ring (bicyclic) bond motifs is 1. The van der Waals surface area contributed by atoms with Crippen LogP contribution >= 0.6 is 31.9 Å². The molecule has 3 aromatic carbocycles. The number of ether oxygens (including phenoxy) is 1. The minimum Gasteiger partial charge on any atom is -0.488 e. The zero-order valence-corrected chi connectivity index (χ0v) is 20.4. The molecule has 0 aliphatic rings. The second-order valence-electron chi connectivity index (χ2n) is 7.08. The molecule has 4 aromatic rings. The van der Waals surface area contributed by atoms with Crippen molar-refractivity contribution in [1.29, 1.82) is 0 Å². The fraction of sp³-hybridized carbons (Fsp3) is 0.0870. The average molecular weight is 572 g/mol. The molecule has 4 rings (SSSR count). The summed E-state index contributed by atoms with van der Waals surface area (Å²) in [4.78, 5) is 28.2. The van der Waals surface area contributed by atoms with E-state index in [4.69, 9.17) is 4.74 Å². The maximum absolute atomic E-state index is 13.0. The molecule has 0 aliphatic heterocycles. The van der Waals surface area contributed by atoms with Gasteiger partial charge in [0.25, 0.3) is 11.2 Å². The molecule has 0 atom stereocenters. The van der Waals surface area contributed by atoms with E-state index in [2.05, 4.69) is 41.9 Å². The molecule has 0 spiro atoms. The summed E-state index contributed by atoms with van der Waals surface area (Å²) >= 11 is 6.75. The molecule has 0 saturated heterocycles. The van der Waals surface area contributed by atoms with Gasteiger partial charge in [0.2, 0.25) is 0 Å². The maximum Gasteiger partial charge on any atom is 0.282 e. The molecule has 166 valence electrons. The van der Waals surface area contributed by atoms with Gasteiger partial charge in [-0.3, -0.25) is 14.9 Å². The van der Waals surface area contributed by atoms with Crippen molar-refractivity contribution >= 4 is 54.7 Å². The first-order valence-electron chi connectivity index (χ1n) is 9.71. The van der Waals surface area contributed by atoms with E-state index >= 15 is 0 Å². The van der Waals surface area contributed by atoms with Crippen LogP contribution in [0.1, 0.15) is 17.0 Å². The topological polar surface area (TPSA) is 99.6 Å². The second-order valence-corrected chi connectivity index (χ2v) is 8.91. The molecule has 10 heteroatoms. The number of nitro benzene ring substituents is 1. The minimum atomic E-state index is -0.498. The van der Waals surface area contributed by atoms with Gasteiger partial charge in [-0.2, -0.15) is 9.78 Å². The Morgan fingerprint density at radius 3 is 2.55 bits per heavy atom.